The van der Waals surface area contributed by atoms with E-state index >= 15 is 0 Å². The fraction of sp³-hybridized carbons (Fsp3) is 0.192. The Morgan fingerprint density at radius 3 is 2.14 bits per heavy atom. The molecule has 3 rings (SSSR count). The summed E-state index contributed by atoms with van der Waals surface area (Å²) >= 11 is 12.2. The van der Waals surface area contributed by atoms with Gasteiger partial charge in [0.1, 0.15) is 6.04 Å². The molecular weight excluding hydrogens is 491 g/mol. The molecule has 3 atom stereocenters. The predicted molar refractivity (Wildman–Crippen MR) is 133 cm³/mol. The number of aliphatic hydroxyl groups excluding tert-OH is 1. The number of halogens is 2. The second-order valence-corrected chi connectivity index (χ2v) is 8.54. The van der Waals surface area contributed by atoms with Crippen molar-refractivity contribution in [3.63, 3.8) is 0 Å². The number of benzene rings is 3. The topological polar surface area (TPSA) is 105 Å². The average Bonchev–Trinajstić information content (AvgIpc) is 2.88. The third-order valence-electron chi connectivity index (χ3n) is 5.31. The normalized spacial score (nSPS) is 13.3. The fourth-order valence-electron chi connectivity index (χ4n) is 3.47. The Bertz CT molecular complexity index is 1170. The van der Waals surface area contributed by atoms with Crippen LogP contribution >= 0.6 is 23.2 Å². The molecule has 0 aliphatic carbocycles. The van der Waals surface area contributed by atoms with Gasteiger partial charge in [0, 0.05) is 22.0 Å². The number of hydrogen-bond acceptors (Lipinski definition) is 5. The average molecular weight is 515 g/mol. The van der Waals surface area contributed by atoms with Crippen LogP contribution in [-0.2, 0) is 20.7 Å². The number of esters is 1. The zero-order chi connectivity index (χ0) is 25.4. The standard InChI is InChI=1S/C26H24Cl2N2O5/c1-35-26(34)21(14-18-12-13-19(27)15-20(18)28)29-25(33)23(31)22(16-8-4-2-5-9-16)30-24(32)17-10-6-3-7-11-17/h2-13,15,21-23,31H,14H2,1H3,(H,29,33)(H,30,32)/t21-,22+,23-/m1/s1. The van der Waals surface area contributed by atoms with Crippen LogP contribution in [0, 0.1) is 0 Å². The first kappa shape index (κ1) is 26.2. The summed E-state index contributed by atoms with van der Waals surface area (Å²) in [6, 6.07) is 19.5. The van der Waals surface area contributed by atoms with Crippen molar-refractivity contribution in [1.82, 2.24) is 10.6 Å². The number of methoxy groups -OCH3 is 1. The lowest BCUT2D eigenvalue weighted by Gasteiger charge is -2.26. The Labute approximate surface area is 213 Å². The number of carbonyl (C=O) groups excluding carboxylic acids is 3. The van der Waals surface area contributed by atoms with Gasteiger partial charge in [-0.15, -0.1) is 0 Å². The van der Waals surface area contributed by atoms with E-state index in [0.29, 0.717) is 26.7 Å². The zero-order valence-corrected chi connectivity index (χ0v) is 20.3. The van der Waals surface area contributed by atoms with Crippen LogP contribution in [0.2, 0.25) is 10.0 Å². The largest absolute Gasteiger partial charge is 0.467 e. The molecule has 0 aromatic heterocycles. The maximum absolute atomic E-state index is 13.1. The summed E-state index contributed by atoms with van der Waals surface area (Å²) in [6.07, 6.45) is -1.70. The molecule has 182 valence electrons. The molecule has 3 aromatic rings. The monoisotopic (exact) mass is 514 g/mol. The van der Waals surface area contributed by atoms with Gasteiger partial charge in [-0.2, -0.15) is 0 Å². The van der Waals surface area contributed by atoms with E-state index in [0.717, 1.165) is 0 Å². The molecule has 0 radical (unpaired) electrons. The van der Waals surface area contributed by atoms with Crippen LogP contribution in [0.15, 0.2) is 78.9 Å². The van der Waals surface area contributed by atoms with E-state index in [-0.39, 0.29) is 6.42 Å². The first-order chi connectivity index (χ1) is 16.8. The van der Waals surface area contributed by atoms with E-state index in [2.05, 4.69) is 10.6 Å². The van der Waals surface area contributed by atoms with Crippen molar-refractivity contribution in [2.45, 2.75) is 24.6 Å². The van der Waals surface area contributed by atoms with Gasteiger partial charge in [0.25, 0.3) is 11.8 Å². The third-order valence-corrected chi connectivity index (χ3v) is 5.89. The number of hydrogen-bond donors (Lipinski definition) is 3. The minimum Gasteiger partial charge on any atom is -0.467 e. The molecule has 0 bridgehead atoms. The Hall–Kier alpha value is -3.39. The lowest BCUT2D eigenvalue weighted by molar-refractivity contribution is -0.146. The molecule has 0 fully saturated rings. The van der Waals surface area contributed by atoms with E-state index < -0.39 is 36.0 Å². The Morgan fingerprint density at radius 1 is 0.914 bits per heavy atom. The van der Waals surface area contributed by atoms with Gasteiger partial charge in [0.05, 0.1) is 13.2 Å². The minimum absolute atomic E-state index is 0.00745. The second kappa shape index (κ2) is 12.4. The smallest absolute Gasteiger partial charge is 0.328 e. The van der Waals surface area contributed by atoms with Gasteiger partial charge in [0.2, 0.25) is 0 Å². The van der Waals surface area contributed by atoms with Gasteiger partial charge in [-0.3, -0.25) is 9.59 Å². The highest BCUT2D eigenvalue weighted by Crippen LogP contribution is 2.23. The maximum atomic E-state index is 13.1. The van der Waals surface area contributed by atoms with Gasteiger partial charge >= 0.3 is 5.97 Å². The molecular formula is C26H24Cl2N2O5. The van der Waals surface area contributed by atoms with Crippen LogP contribution < -0.4 is 10.6 Å². The summed E-state index contributed by atoms with van der Waals surface area (Å²) in [5.41, 5.74) is 1.43. The number of rotatable bonds is 9. The number of aliphatic hydroxyl groups is 1. The van der Waals surface area contributed by atoms with Gasteiger partial charge in [-0.05, 0) is 35.4 Å². The van der Waals surface area contributed by atoms with Crippen molar-refractivity contribution in [1.29, 1.82) is 0 Å². The lowest BCUT2D eigenvalue weighted by atomic mass is 9.99. The van der Waals surface area contributed by atoms with Gasteiger partial charge in [0.15, 0.2) is 6.10 Å². The lowest BCUT2D eigenvalue weighted by Crippen LogP contribution is -2.51. The molecule has 35 heavy (non-hydrogen) atoms. The molecule has 2 amide bonds. The summed E-state index contributed by atoms with van der Waals surface area (Å²) < 4.78 is 4.82. The van der Waals surface area contributed by atoms with Crippen molar-refractivity contribution < 1.29 is 24.2 Å². The Morgan fingerprint density at radius 2 is 1.54 bits per heavy atom. The van der Waals surface area contributed by atoms with Crippen LogP contribution in [0.4, 0.5) is 0 Å². The highest BCUT2D eigenvalue weighted by molar-refractivity contribution is 6.35. The minimum atomic E-state index is -1.71. The first-order valence-corrected chi connectivity index (χ1v) is 11.5. The summed E-state index contributed by atoms with van der Waals surface area (Å²) in [6.45, 7) is 0. The number of amides is 2. The van der Waals surface area contributed by atoms with E-state index in [1.54, 1.807) is 72.8 Å². The van der Waals surface area contributed by atoms with Crippen molar-refractivity contribution in [2.24, 2.45) is 0 Å². The molecule has 0 unspecified atom stereocenters. The van der Waals surface area contributed by atoms with Gasteiger partial charge in [-0.25, -0.2) is 4.79 Å². The van der Waals surface area contributed by atoms with Crippen LogP contribution in [0.5, 0.6) is 0 Å². The number of ether oxygens (including phenoxy) is 1. The van der Waals surface area contributed by atoms with Crippen LogP contribution in [-0.4, -0.2) is 42.1 Å². The van der Waals surface area contributed by atoms with Crippen LogP contribution in [0.3, 0.4) is 0 Å². The van der Waals surface area contributed by atoms with Gasteiger partial charge < -0.3 is 20.5 Å². The number of nitrogens with one attached hydrogen (secondary N) is 2. The second-order valence-electron chi connectivity index (χ2n) is 7.70. The highest BCUT2D eigenvalue weighted by atomic mass is 35.5. The number of carbonyl (C=O) groups is 3. The summed E-state index contributed by atoms with van der Waals surface area (Å²) in [4.78, 5) is 38.2. The first-order valence-electron chi connectivity index (χ1n) is 10.7. The Balaban J connectivity index is 1.82. The molecule has 9 heteroatoms. The van der Waals surface area contributed by atoms with Crippen LogP contribution in [0.1, 0.15) is 27.5 Å². The Kier molecular flexibility index (Phi) is 9.25. The van der Waals surface area contributed by atoms with Crippen molar-refractivity contribution in [3.8, 4) is 0 Å². The maximum Gasteiger partial charge on any atom is 0.328 e. The third kappa shape index (κ3) is 7.05. The van der Waals surface area contributed by atoms with Gasteiger partial charge in [-0.1, -0.05) is 77.8 Å². The molecule has 0 aliphatic heterocycles. The van der Waals surface area contributed by atoms with Crippen molar-refractivity contribution in [3.05, 3.63) is 106 Å². The molecule has 7 nitrogen and oxygen atoms in total. The molecule has 0 spiro atoms. The highest BCUT2D eigenvalue weighted by Gasteiger charge is 2.32. The summed E-state index contributed by atoms with van der Waals surface area (Å²) in [5, 5.41) is 16.9. The summed E-state index contributed by atoms with van der Waals surface area (Å²) in [5.74, 6) is -2.06. The zero-order valence-electron chi connectivity index (χ0n) is 18.8. The van der Waals surface area contributed by atoms with E-state index in [9.17, 15) is 19.5 Å². The summed E-state index contributed by atoms with van der Waals surface area (Å²) in [7, 11) is 1.19. The quantitative estimate of drug-likeness (QED) is 0.377. The molecule has 0 saturated heterocycles. The van der Waals surface area contributed by atoms with Crippen molar-refractivity contribution in [2.75, 3.05) is 7.11 Å². The molecule has 0 heterocycles. The molecule has 0 saturated carbocycles. The van der Waals surface area contributed by atoms with Crippen molar-refractivity contribution >= 4 is 41.0 Å². The molecule has 3 N–H and O–H groups in total. The molecule has 0 aliphatic rings. The molecule has 3 aromatic carbocycles. The van der Waals surface area contributed by atoms with E-state index in [4.69, 9.17) is 27.9 Å². The fourth-order valence-corrected chi connectivity index (χ4v) is 3.96. The van der Waals surface area contributed by atoms with E-state index in [1.807, 2.05) is 0 Å². The predicted octanol–water partition coefficient (Wildman–Crippen LogP) is 3.73. The SMILES string of the molecule is COC(=O)[C@@H](Cc1ccc(Cl)cc1Cl)NC(=O)[C@H](O)[C@@H](NC(=O)c1ccccc1)c1ccccc1. The van der Waals surface area contributed by atoms with Crippen LogP contribution in [0.25, 0.3) is 0 Å². The van der Waals surface area contributed by atoms with E-state index in [1.165, 1.54) is 13.2 Å².